The van der Waals surface area contributed by atoms with E-state index in [0.717, 1.165) is 32.5 Å². The topological polar surface area (TPSA) is 20.3 Å². The molecule has 2 heteroatoms. The molecule has 1 aliphatic carbocycles. The van der Waals surface area contributed by atoms with Gasteiger partial charge in [-0.05, 0) is 18.4 Å². The predicted molar refractivity (Wildman–Crippen MR) is 67.6 cm³/mol. The maximum Gasteiger partial charge on any atom is 0.141 e. The van der Waals surface area contributed by atoms with Gasteiger partial charge in [-0.3, -0.25) is 9.69 Å². The van der Waals surface area contributed by atoms with Crippen LogP contribution in [0.25, 0.3) is 0 Å². The summed E-state index contributed by atoms with van der Waals surface area (Å²) in [5, 5.41) is 0. The van der Waals surface area contributed by atoms with Crippen molar-refractivity contribution in [2.45, 2.75) is 25.8 Å². The molecule has 0 radical (unpaired) electrons. The van der Waals surface area contributed by atoms with Crippen molar-refractivity contribution in [3.63, 3.8) is 0 Å². The number of carbonyl (C=O) groups is 1. The fourth-order valence-corrected chi connectivity index (χ4v) is 3.26. The van der Waals surface area contributed by atoms with Gasteiger partial charge < -0.3 is 0 Å². The summed E-state index contributed by atoms with van der Waals surface area (Å²) in [5.74, 6) is 1.19. The Hall–Kier alpha value is -1.15. The van der Waals surface area contributed by atoms with Crippen LogP contribution >= 0.6 is 0 Å². The summed E-state index contributed by atoms with van der Waals surface area (Å²) in [6.07, 6.45) is 3.47. The minimum atomic E-state index is 0.325. The zero-order chi connectivity index (χ0) is 11.7. The summed E-state index contributed by atoms with van der Waals surface area (Å²) in [4.78, 5) is 14.4. The monoisotopic (exact) mass is 229 g/mol. The van der Waals surface area contributed by atoms with E-state index in [-0.39, 0.29) is 0 Å². The Labute approximate surface area is 103 Å². The molecule has 0 N–H and O–H groups in total. The Morgan fingerprint density at radius 2 is 1.71 bits per heavy atom. The van der Waals surface area contributed by atoms with E-state index < -0.39 is 0 Å². The van der Waals surface area contributed by atoms with Crippen molar-refractivity contribution in [2.24, 2.45) is 11.8 Å². The first-order valence-electron chi connectivity index (χ1n) is 6.63. The van der Waals surface area contributed by atoms with Gasteiger partial charge >= 0.3 is 0 Å². The Bertz CT molecular complexity index is 385. The molecule has 0 unspecified atom stereocenters. The zero-order valence-electron chi connectivity index (χ0n) is 10.1. The first-order valence-corrected chi connectivity index (χ1v) is 6.63. The van der Waals surface area contributed by atoms with Gasteiger partial charge in [0.15, 0.2) is 0 Å². The number of Topliss-reactive ketones (excluding diaryl/α,β-unsaturated/α-hetero) is 1. The molecule has 0 amide bonds. The molecule has 2 fully saturated rings. The zero-order valence-corrected chi connectivity index (χ0v) is 10.1. The first-order chi connectivity index (χ1) is 8.33. The molecule has 1 aromatic rings. The molecule has 17 heavy (non-hydrogen) atoms. The van der Waals surface area contributed by atoms with E-state index >= 15 is 0 Å². The lowest BCUT2D eigenvalue weighted by molar-refractivity contribution is -0.134. The first kappa shape index (κ1) is 11.0. The van der Waals surface area contributed by atoms with Gasteiger partial charge in [-0.25, -0.2) is 0 Å². The number of piperidine rings is 1. The van der Waals surface area contributed by atoms with Gasteiger partial charge in [0.05, 0.1) is 0 Å². The molecule has 1 heterocycles. The van der Waals surface area contributed by atoms with Crippen LogP contribution in [0.2, 0.25) is 0 Å². The summed E-state index contributed by atoms with van der Waals surface area (Å²) in [6, 6.07) is 10.6. The van der Waals surface area contributed by atoms with Crippen molar-refractivity contribution in [2.75, 3.05) is 13.1 Å². The van der Waals surface area contributed by atoms with Gasteiger partial charge in [-0.15, -0.1) is 0 Å². The standard InChI is InChI=1S/C15H19NO/c17-15-13-7-4-8-14(15)11-16(10-13)9-12-5-2-1-3-6-12/h1-3,5-6,13-14H,4,7-11H2/t13-,14-/m1/s1. The largest absolute Gasteiger partial charge is 0.299 e. The number of benzene rings is 1. The van der Waals surface area contributed by atoms with Gasteiger partial charge in [-0.1, -0.05) is 36.8 Å². The van der Waals surface area contributed by atoms with Crippen LogP contribution in [0.1, 0.15) is 24.8 Å². The van der Waals surface area contributed by atoms with E-state index in [9.17, 15) is 4.79 Å². The predicted octanol–water partition coefficient (Wildman–Crippen LogP) is 2.49. The molecule has 1 aliphatic heterocycles. The normalized spacial score (nSPS) is 29.3. The van der Waals surface area contributed by atoms with E-state index in [1.165, 1.54) is 12.0 Å². The number of rotatable bonds is 2. The maximum atomic E-state index is 12.0. The van der Waals surface area contributed by atoms with Crippen molar-refractivity contribution >= 4 is 5.78 Å². The van der Waals surface area contributed by atoms with E-state index in [1.54, 1.807) is 0 Å². The number of nitrogens with zero attached hydrogens (tertiary/aromatic N) is 1. The quantitative estimate of drug-likeness (QED) is 0.776. The highest BCUT2D eigenvalue weighted by molar-refractivity contribution is 5.85. The van der Waals surface area contributed by atoms with Gasteiger partial charge in [0.2, 0.25) is 0 Å². The smallest absolute Gasteiger partial charge is 0.141 e. The van der Waals surface area contributed by atoms with E-state index in [1.807, 2.05) is 0 Å². The number of fused-ring (bicyclic) bond motifs is 2. The van der Waals surface area contributed by atoms with Gasteiger partial charge in [0.25, 0.3) is 0 Å². The van der Waals surface area contributed by atoms with Crippen molar-refractivity contribution in [1.29, 1.82) is 0 Å². The highest BCUT2D eigenvalue weighted by Gasteiger charge is 2.37. The number of carbonyl (C=O) groups excluding carboxylic acids is 1. The van der Waals surface area contributed by atoms with Crippen LogP contribution in [0.15, 0.2) is 30.3 Å². The lowest BCUT2D eigenvalue weighted by atomic mass is 9.76. The molecule has 1 saturated carbocycles. The third kappa shape index (κ3) is 2.27. The van der Waals surface area contributed by atoms with Crippen molar-refractivity contribution in [1.82, 2.24) is 4.90 Å². The molecule has 1 aromatic carbocycles. The van der Waals surface area contributed by atoms with Crippen molar-refractivity contribution in [3.8, 4) is 0 Å². The van der Waals surface area contributed by atoms with Gasteiger partial charge in [-0.2, -0.15) is 0 Å². The lowest BCUT2D eigenvalue weighted by Gasteiger charge is -2.40. The van der Waals surface area contributed by atoms with Crippen molar-refractivity contribution < 1.29 is 4.79 Å². The minimum Gasteiger partial charge on any atom is -0.299 e. The fraction of sp³-hybridized carbons (Fsp3) is 0.533. The highest BCUT2D eigenvalue weighted by atomic mass is 16.1. The molecule has 1 saturated heterocycles. The summed E-state index contributed by atoms with van der Waals surface area (Å²) in [7, 11) is 0. The summed E-state index contributed by atoms with van der Waals surface area (Å²) in [5.41, 5.74) is 1.36. The average Bonchev–Trinajstić information content (AvgIpc) is 2.32. The fourth-order valence-electron chi connectivity index (χ4n) is 3.26. The summed E-state index contributed by atoms with van der Waals surface area (Å²) >= 11 is 0. The van der Waals surface area contributed by atoms with Crippen LogP contribution in [0.5, 0.6) is 0 Å². The Balaban J connectivity index is 1.68. The molecule has 2 atom stereocenters. The molecule has 90 valence electrons. The van der Waals surface area contributed by atoms with Gasteiger partial charge in [0, 0.05) is 31.5 Å². The van der Waals surface area contributed by atoms with E-state index in [2.05, 4.69) is 35.2 Å². The Morgan fingerprint density at radius 1 is 1.06 bits per heavy atom. The molecule has 2 bridgehead atoms. The van der Waals surface area contributed by atoms with Crippen LogP contribution in [-0.2, 0) is 11.3 Å². The number of ketones is 1. The molecule has 0 aromatic heterocycles. The average molecular weight is 229 g/mol. The number of likely N-dealkylation sites (tertiary alicyclic amines) is 1. The molecule has 2 aliphatic rings. The maximum absolute atomic E-state index is 12.0. The second-order valence-electron chi connectivity index (χ2n) is 5.41. The van der Waals surface area contributed by atoms with Crippen LogP contribution in [-0.4, -0.2) is 23.8 Å². The second-order valence-corrected chi connectivity index (χ2v) is 5.41. The van der Waals surface area contributed by atoms with Crippen LogP contribution < -0.4 is 0 Å². The van der Waals surface area contributed by atoms with E-state index in [4.69, 9.17) is 0 Å². The van der Waals surface area contributed by atoms with E-state index in [0.29, 0.717) is 17.6 Å². The third-order valence-electron chi connectivity index (χ3n) is 4.12. The summed E-state index contributed by atoms with van der Waals surface area (Å²) < 4.78 is 0. The van der Waals surface area contributed by atoms with Crippen LogP contribution in [0, 0.1) is 11.8 Å². The Kier molecular flexibility index (Phi) is 2.98. The Morgan fingerprint density at radius 3 is 2.35 bits per heavy atom. The van der Waals surface area contributed by atoms with Gasteiger partial charge in [0.1, 0.15) is 5.78 Å². The summed E-state index contributed by atoms with van der Waals surface area (Å²) in [6.45, 7) is 2.95. The van der Waals surface area contributed by atoms with Crippen molar-refractivity contribution in [3.05, 3.63) is 35.9 Å². The third-order valence-corrected chi connectivity index (χ3v) is 4.12. The second kappa shape index (κ2) is 4.61. The number of hydrogen-bond acceptors (Lipinski definition) is 2. The molecule has 0 spiro atoms. The molecule has 3 rings (SSSR count). The minimum absolute atomic E-state index is 0.325. The van der Waals surface area contributed by atoms with Crippen LogP contribution in [0.4, 0.5) is 0 Å². The lowest BCUT2D eigenvalue weighted by Crippen LogP contribution is -2.48. The molecule has 2 nitrogen and oxygen atoms in total. The van der Waals surface area contributed by atoms with Crippen LogP contribution in [0.3, 0.4) is 0 Å². The SMILES string of the molecule is O=C1[C@@H]2CCC[C@@H]1CN(Cc1ccccc1)C2. The number of hydrogen-bond donors (Lipinski definition) is 0. The molecular formula is C15H19NO. The highest BCUT2D eigenvalue weighted by Crippen LogP contribution is 2.32. The molecular weight excluding hydrogens is 210 g/mol.